The molecule has 2 N–H and O–H groups in total. The zero-order valence-corrected chi connectivity index (χ0v) is 23.9. The van der Waals surface area contributed by atoms with Crippen molar-refractivity contribution < 1.29 is 17.9 Å². The Hall–Kier alpha value is -2.80. The Labute approximate surface area is 229 Å². The van der Waals surface area contributed by atoms with Gasteiger partial charge >= 0.3 is 0 Å². The van der Waals surface area contributed by atoms with E-state index < -0.39 is 10.0 Å². The predicted molar refractivity (Wildman–Crippen MR) is 148 cm³/mol. The second-order valence-electron chi connectivity index (χ2n) is 10.6. The van der Waals surface area contributed by atoms with Gasteiger partial charge in [0.25, 0.3) is 5.56 Å². The van der Waals surface area contributed by atoms with Crippen LogP contribution in [0.2, 0.25) is 0 Å². The maximum atomic E-state index is 13.4. The third-order valence-corrected chi connectivity index (χ3v) is 9.19. The van der Waals surface area contributed by atoms with E-state index in [9.17, 15) is 13.2 Å². The molecule has 3 aromatic rings. The summed E-state index contributed by atoms with van der Waals surface area (Å²) in [5.41, 5.74) is 0.885. The molecule has 2 fully saturated rings. The second-order valence-corrected chi connectivity index (χ2v) is 12.4. The maximum absolute atomic E-state index is 13.4. The van der Waals surface area contributed by atoms with Crippen molar-refractivity contribution in [2.45, 2.75) is 75.9 Å². The number of rotatable bonds is 9. The predicted octanol–water partition coefficient (Wildman–Crippen LogP) is 2.67. The number of hydrogen-bond acceptors (Lipinski definition) is 8. The number of piperidine rings is 1. The second kappa shape index (κ2) is 11.0. The van der Waals surface area contributed by atoms with Gasteiger partial charge in [-0.15, -0.1) is 5.10 Å². The molecule has 4 heterocycles. The molecule has 2 aliphatic heterocycles. The number of likely N-dealkylation sites (tertiary alicyclic amines) is 1. The van der Waals surface area contributed by atoms with Crippen molar-refractivity contribution in [2.24, 2.45) is 0 Å². The number of H-pyrrole nitrogens is 1. The van der Waals surface area contributed by atoms with E-state index in [2.05, 4.69) is 31.7 Å². The molecular formula is C27H38N6O5S. The third kappa shape index (κ3) is 5.60. The standard InChI is InChI=1S/C27H38N6O5S/c1-5-7-23-29-18(3)24-26(34)30-25(31-33(23)24)21-16-20(8-9-22(21)37-6-2)39(35,36)28-17-19-10-11-27(38-19)12-14-32(4)15-13-27/h8-9,16,19,28H,5-7,10-15,17H2,1-4H3,(H,30,31,34). The van der Waals surface area contributed by atoms with Gasteiger partial charge in [-0.2, -0.15) is 0 Å². The van der Waals surface area contributed by atoms with E-state index in [4.69, 9.17) is 9.47 Å². The Morgan fingerprint density at radius 1 is 1.23 bits per heavy atom. The highest BCUT2D eigenvalue weighted by atomic mass is 32.2. The summed E-state index contributed by atoms with van der Waals surface area (Å²) in [5.74, 6) is 1.32. The van der Waals surface area contributed by atoms with Gasteiger partial charge in [0.2, 0.25) is 10.0 Å². The van der Waals surface area contributed by atoms with E-state index in [1.54, 1.807) is 17.5 Å². The molecule has 1 aromatic carbocycles. The molecule has 1 atom stereocenters. The molecule has 0 saturated carbocycles. The fraction of sp³-hybridized carbons (Fsp3) is 0.593. The molecular weight excluding hydrogens is 520 g/mol. The Morgan fingerprint density at radius 3 is 2.72 bits per heavy atom. The molecule has 212 valence electrons. The van der Waals surface area contributed by atoms with E-state index in [0.29, 0.717) is 41.4 Å². The average Bonchev–Trinajstić information content (AvgIpc) is 3.46. The van der Waals surface area contributed by atoms with Crippen LogP contribution in [0.1, 0.15) is 57.5 Å². The Morgan fingerprint density at radius 2 is 2.00 bits per heavy atom. The Kier molecular flexibility index (Phi) is 7.82. The number of imidazole rings is 1. The molecule has 12 heteroatoms. The van der Waals surface area contributed by atoms with Crippen LogP contribution in [0.4, 0.5) is 0 Å². The van der Waals surface area contributed by atoms with Crippen LogP contribution in [0.15, 0.2) is 27.9 Å². The van der Waals surface area contributed by atoms with Gasteiger partial charge in [0.15, 0.2) is 11.3 Å². The third-order valence-electron chi connectivity index (χ3n) is 7.77. The van der Waals surface area contributed by atoms with Crippen LogP contribution in [-0.2, 0) is 21.2 Å². The summed E-state index contributed by atoms with van der Waals surface area (Å²) in [7, 11) is -1.75. The first-order chi connectivity index (χ1) is 18.6. The van der Waals surface area contributed by atoms with Crippen LogP contribution in [0.5, 0.6) is 5.75 Å². The quantitative estimate of drug-likeness (QED) is 0.410. The number of nitrogens with one attached hydrogen (secondary N) is 2. The number of hydrogen-bond donors (Lipinski definition) is 2. The normalized spacial score (nSPS) is 19.7. The monoisotopic (exact) mass is 558 g/mol. The summed E-state index contributed by atoms with van der Waals surface area (Å²) in [6, 6.07) is 4.60. The fourth-order valence-electron chi connectivity index (χ4n) is 5.60. The Balaban J connectivity index is 1.41. The van der Waals surface area contributed by atoms with Crippen LogP contribution < -0.4 is 15.0 Å². The molecule has 2 saturated heterocycles. The van der Waals surface area contributed by atoms with Crippen molar-refractivity contribution in [3.63, 3.8) is 0 Å². The summed E-state index contributed by atoms with van der Waals surface area (Å²) in [5, 5.41) is 4.65. The molecule has 39 heavy (non-hydrogen) atoms. The van der Waals surface area contributed by atoms with Gasteiger partial charge in [-0.05, 0) is 71.2 Å². The zero-order valence-electron chi connectivity index (χ0n) is 23.1. The highest BCUT2D eigenvalue weighted by Gasteiger charge is 2.42. The van der Waals surface area contributed by atoms with E-state index in [-0.39, 0.29) is 34.5 Å². The van der Waals surface area contributed by atoms with Crippen LogP contribution in [0.3, 0.4) is 0 Å². The summed E-state index contributed by atoms with van der Waals surface area (Å²) in [6.07, 6.45) is 5.07. The Bertz CT molecular complexity index is 1510. The van der Waals surface area contributed by atoms with Gasteiger partial charge in [-0.1, -0.05) is 6.92 Å². The first kappa shape index (κ1) is 27.8. The highest BCUT2D eigenvalue weighted by Crippen LogP contribution is 2.38. The van der Waals surface area contributed by atoms with Gasteiger partial charge in [-0.25, -0.2) is 22.6 Å². The van der Waals surface area contributed by atoms with Crippen LogP contribution in [0, 0.1) is 6.92 Å². The minimum absolute atomic E-state index is 0.0614. The largest absolute Gasteiger partial charge is 0.493 e. The summed E-state index contributed by atoms with van der Waals surface area (Å²) in [4.78, 5) is 22.7. The lowest BCUT2D eigenvalue weighted by Gasteiger charge is -2.37. The summed E-state index contributed by atoms with van der Waals surface area (Å²) >= 11 is 0. The minimum atomic E-state index is -3.86. The molecule has 1 unspecified atom stereocenters. The van der Waals surface area contributed by atoms with E-state index >= 15 is 0 Å². The van der Waals surface area contributed by atoms with E-state index in [1.807, 2.05) is 13.8 Å². The first-order valence-electron chi connectivity index (χ1n) is 13.8. The van der Waals surface area contributed by atoms with Crippen molar-refractivity contribution >= 4 is 15.5 Å². The van der Waals surface area contributed by atoms with Crippen molar-refractivity contribution in [1.82, 2.24) is 29.2 Å². The van der Waals surface area contributed by atoms with Crippen LogP contribution in [0.25, 0.3) is 16.9 Å². The molecule has 5 rings (SSSR count). The number of sulfonamides is 1. The molecule has 11 nitrogen and oxygen atoms in total. The number of nitrogens with zero attached hydrogens (tertiary/aromatic N) is 4. The zero-order chi connectivity index (χ0) is 27.8. The molecule has 0 radical (unpaired) electrons. The van der Waals surface area contributed by atoms with Crippen molar-refractivity contribution in [3.05, 3.63) is 40.1 Å². The smallest absolute Gasteiger partial charge is 0.277 e. The molecule has 0 aliphatic carbocycles. The van der Waals surface area contributed by atoms with E-state index in [1.165, 1.54) is 12.1 Å². The lowest BCUT2D eigenvalue weighted by molar-refractivity contribution is -0.0717. The molecule has 2 aliphatic rings. The first-order valence-corrected chi connectivity index (χ1v) is 15.2. The number of fused-ring (bicyclic) bond motifs is 1. The SMILES string of the molecule is CCCc1nc(C)c2c(=O)[nH]c(-c3cc(S(=O)(=O)NCC4CCC5(CCN(C)CC5)O4)ccc3OCC)nn12. The lowest BCUT2D eigenvalue weighted by Crippen LogP contribution is -2.43. The molecule has 0 amide bonds. The maximum Gasteiger partial charge on any atom is 0.277 e. The average molecular weight is 559 g/mol. The van der Waals surface area contributed by atoms with Gasteiger partial charge in [-0.3, -0.25) is 4.79 Å². The van der Waals surface area contributed by atoms with Gasteiger partial charge < -0.3 is 19.4 Å². The number of aryl methyl sites for hydroxylation is 2. The highest BCUT2D eigenvalue weighted by molar-refractivity contribution is 7.89. The molecule has 2 aromatic heterocycles. The number of ether oxygens (including phenoxy) is 2. The lowest BCUT2D eigenvalue weighted by atomic mass is 9.89. The van der Waals surface area contributed by atoms with Gasteiger partial charge in [0, 0.05) is 26.1 Å². The summed E-state index contributed by atoms with van der Waals surface area (Å²) in [6.45, 7) is 8.21. The van der Waals surface area contributed by atoms with Crippen molar-refractivity contribution in [3.8, 4) is 17.1 Å². The van der Waals surface area contributed by atoms with E-state index in [0.717, 1.165) is 45.2 Å². The number of aromatic nitrogens is 4. The topological polar surface area (TPSA) is 131 Å². The number of benzene rings is 1. The minimum Gasteiger partial charge on any atom is -0.493 e. The van der Waals surface area contributed by atoms with Crippen LogP contribution in [-0.4, -0.2) is 77.9 Å². The molecule has 0 bridgehead atoms. The van der Waals surface area contributed by atoms with Crippen LogP contribution >= 0.6 is 0 Å². The van der Waals surface area contributed by atoms with Gasteiger partial charge in [0.05, 0.1) is 34.5 Å². The van der Waals surface area contributed by atoms with Crippen molar-refractivity contribution in [2.75, 3.05) is 33.3 Å². The molecule has 1 spiro atoms. The number of aromatic amines is 1. The van der Waals surface area contributed by atoms with Gasteiger partial charge in [0.1, 0.15) is 11.6 Å². The summed E-state index contributed by atoms with van der Waals surface area (Å²) < 4.78 is 43.1. The van der Waals surface area contributed by atoms with Crippen molar-refractivity contribution in [1.29, 1.82) is 0 Å². The fourth-order valence-corrected chi connectivity index (χ4v) is 6.70.